The van der Waals surface area contributed by atoms with Crippen molar-refractivity contribution in [2.45, 2.75) is 37.9 Å². The van der Waals surface area contributed by atoms with Gasteiger partial charge < -0.3 is 14.8 Å². The fourth-order valence-corrected chi connectivity index (χ4v) is 3.09. The number of hydrogen-bond acceptors (Lipinski definition) is 3. The van der Waals surface area contributed by atoms with Gasteiger partial charge in [0, 0.05) is 48.9 Å². The van der Waals surface area contributed by atoms with Crippen molar-refractivity contribution >= 4 is 35.5 Å². The van der Waals surface area contributed by atoms with Crippen molar-refractivity contribution in [2.75, 3.05) is 19.8 Å². The van der Waals surface area contributed by atoms with Crippen LogP contribution in [0.15, 0.2) is 0 Å². The standard InChI is InChI=1S/C11H17NO3.Na/c13-9-10(5-6-12-9)1-3-11(4-2-10)14-7-8-15-11;/h1-8H2,(H,12,13);. The van der Waals surface area contributed by atoms with E-state index < -0.39 is 0 Å². The van der Waals surface area contributed by atoms with Crippen molar-refractivity contribution in [3.05, 3.63) is 0 Å². The normalized spacial score (nSPS) is 30.4. The zero-order valence-electron chi connectivity index (χ0n) is 9.88. The molecule has 2 aliphatic heterocycles. The van der Waals surface area contributed by atoms with E-state index >= 15 is 0 Å². The first kappa shape index (κ1) is 12.8. The Kier molecular flexibility index (Phi) is 3.67. The topological polar surface area (TPSA) is 47.6 Å². The number of hydrogen-bond donors (Lipinski definition) is 1. The van der Waals surface area contributed by atoms with E-state index in [9.17, 15) is 4.79 Å². The van der Waals surface area contributed by atoms with E-state index in [0.717, 1.165) is 38.6 Å². The summed E-state index contributed by atoms with van der Waals surface area (Å²) >= 11 is 0. The Morgan fingerprint density at radius 2 is 1.62 bits per heavy atom. The average Bonchev–Trinajstić information content (AvgIpc) is 2.82. The second-order valence-electron chi connectivity index (χ2n) is 4.89. The van der Waals surface area contributed by atoms with Crippen molar-refractivity contribution in [1.29, 1.82) is 0 Å². The summed E-state index contributed by atoms with van der Waals surface area (Å²) in [5.74, 6) is -0.0935. The summed E-state index contributed by atoms with van der Waals surface area (Å²) in [6.45, 7) is 2.26. The van der Waals surface area contributed by atoms with Gasteiger partial charge in [0.05, 0.1) is 18.6 Å². The van der Waals surface area contributed by atoms with Crippen LogP contribution in [-0.4, -0.2) is 61.0 Å². The molecule has 5 heteroatoms. The van der Waals surface area contributed by atoms with Gasteiger partial charge in [-0.3, -0.25) is 4.79 Å². The quantitative estimate of drug-likeness (QED) is 0.618. The van der Waals surface area contributed by atoms with Crippen LogP contribution in [0.1, 0.15) is 32.1 Å². The monoisotopic (exact) mass is 234 g/mol. The minimum Gasteiger partial charge on any atom is -0.356 e. The van der Waals surface area contributed by atoms with E-state index in [1.807, 2.05) is 0 Å². The van der Waals surface area contributed by atoms with Crippen molar-refractivity contribution in [1.82, 2.24) is 5.32 Å². The largest absolute Gasteiger partial charge is 0.356 e. The molecule has 0 aromatic rings. The second kappa shape index (κ2) is 4.58. The third-order valence-electron chi connectivity index (χ3n) is 4.15. The Morgan fingerprint density at radius 1 is 1.00 bits per heavy atom. The van der Waals surface area contributed by atoms with Crippen molar-refractivity contribution in [2.24, 2.45) is 5.41 Å². The molecule has 3 rings (SSSR count). The van der Waals surface area contributed by atoms with Gasteiger partial charge in [-0.15, -0.1) is 0 Å². The van der Waals surface area contributed by atoms with Gasteiger partial charge in [0.2, 0.25) is 5.91 Å². The summed E-state index contributed by atoms with van der Waals surface area (Å²) in [5.41, 5.74) is -0.0967. The Hall–Kier alpha value is 0.390. The smallest absolute Gasteiger partial charge is 0.226 e. The molecule has 85 valence electrons. The number of ether oxygens (including phenoxy) is 2. The van der Waals surface area contributed by atoms with Crippen LogP contribution < -0.4 is 5.32 Å². The van der Waals surface area contributed by atoms with Crippen LogP contribution in [-0.2, 0) is 14.3 Å². The average molecular weight is 234 g/mol. The second-order valence-corrected chi connectivity index (χ2v) is 4.89. The first-order chi connectivity index (χ1) is 7.25. The maximum absolute atomic E-state index is 11.8. The summed E-state index contributed by atoms with van der Waals surface area (Å²) in [7, 11) is 0. The summed E-state index contributed by atoms with van der Waals surface area (Å²) in [5, 5.41) is 2.94. The Labute approximate surface area is 118 Å². The van der Waals surface area contributed by atoms with Crippen LogP contribution in [0.4, 0.5) is 0 Å². The molecule has 0 aromatic carbocycles. The van der Waals surface area contributed by atoms with Crippen LogP contribution in [0.3, 0.4) is 0 Å². The summed E-state index contributed by atoms with van der Waals surface area (Å²) in [6.07, 6.45) is 4.57. The first-order valence-corrected chi connectivity index (χ1v) is 5.81. The molecule has 4 nitrogen and oxygen atoms in total. The molecule has 3 fully saturated rings. The van der Waals surface area contributed by atoms with Crippen molar-refractivity contribution < 1.29 is 14.3 Å². The Morgan fingerprint density at radius 3 is 2.12 bits per heavy atom. The van der Waals surface area contributed by atoms with Crippen LogP contribution in [0.5, 0.6) is 0 Å². The molecule has 1 saturated carbocycles. The van der Waals surface area contributed by atoms with Crippen molar-refractivity contribution in [3.63, 3.8) is 0 Å². The van der Waals surface area contributed by atoms with E-state index in [2.05, 4.69) is 5.32 Å². The molecule has 0 bridgehead atoms. The number of rotatable bonds is 0. The molecule has 2 spiro atoms. The molecule has 16 heavy (non-hydrogen) atoms. The predicted molar refractivity (Wildman–Crippen MR) is 58.9 cm³/mol. The third kappa shape index (κ3) is 1.95. The molecule has 1 amide bonds. The van der Waals surface area contributed by atoms with Gasteiger partial charge >= 0.3 is 0 Å². The molecular formula is C11H17NNaO3. The fraction of sp³-hybridized carbons (Fsp3) is 0.909. The van der Waals surface area contributed by atoms with Gasteiger partial charge in [-0.2, -0.15) is 0 Å². The molecule has 1 aliphatic carbocycles. The summed E-state index contributed by atoms with van der Waals surface area (Å²) < 4.78 is 11.3. The fourth-order valence-electron chi connectivity index (χ4n) is 3.09. The van der Waals surface area contributed by atoms with Crippen LogP contribution >= 0.6 is 0 Å². The van der Waals surface area contributed by atoms with E-state index in [-0.39, 0.29) is 46.7 Å². The molecule has 1 radical (unpaired) electrons. The molecule has 2 saturated heterocycles. The molecule has 0 atom stereocenters. The van der Waals surface area contributed by atoms with Crippen molar-refractivity contribution in [3.8, 4) is 0 Å². The molecule has 1 N–H and O–H groups in total. The molecular weight excluding hydrogens is 217 g/mol. The number of nitrogens with one attached hydrogen (secondary N) is 1. The third-order valence-corrected chi connectivity index (χ3v) is 4.15. The molecule has 0 unspecified atom stereocenters. The zero-order valence-corrected chi connectivity index (χ0v) is 11.9. The minimum atomic E-state index is -0.339. The van der Waals surface area contributed by atoms with E-state index in [1.165, 1.54) is 0 Å². The maximum atomic E-state index is 11.8. The van der Waals surface area contributed by atoms with E-state index in [0.29, 0.717) is 13.2 Å². The van der Waals surface area contributed by atoms with Crippen LogP contribution in [0, 0.1) is 5.41 Å². The van der Waals surface area contributed by atoms with E-state index in [4.69, 9.17) is 9.47 Å². The zero-order chi connectivity index (χ0) is 10.4. The van der Waals surface area contributed by atoms with Crippen LogP contribution in [0.25, 0.3) is 0 Å². The Balaban J connectivity index is 0.000000963. The Bertz CT molecular complexity index is 279. The first-order valence-electron chi connectivity index (χ1n) is 5.81. The predicted octanol–water partition coefficient (Wildman–Crippen LogP) is 0.429. The maximum Gasteiger partial charge on any atom is 0.226 e. The van der Waals surface area contributed by atoms with Gasteiger partial charge in [-0.25, -0.2) is 0 Å². The number of amides is 1. The van der Waals surface area contributed by atoms with Gasteiger partial charge in [-0.05, 0) is 19.3 Å². The van der Waals surface area contributed by atoms with Gasteiger partial charge in [-0.1, -0.05) is 0 Å². The van der Waals surface area contributed by atoms with Crippen LogP contribution in [0.2, 0.25) is 0 Å². The molecule has 2 heterocycles. The van der Waals surface area contributed by atoms with E-state index in [1.54, 1.807) is 0 Å². The molecule has 3 aliphatic rings. The number of carbonyl (C=O) groups excluding carboxylic acids is 1. The SMILES string of the molecule is O=C1NCCC12CCC1(CC2)OCCO1.[Na]. The molecule has 0 aromatic heterocycles. The summed E-state index contributed by atoms with van der Waals surface area (Å²) in [4.78, 5) is 11.8. The van der Waals surface area contributed by atoms with Gasteiger partial charge in [0.25, 0.3) is 0 Å². The van der Waals surface area contributed by atoms with Gasteiger partial charge in [0.15, 0.2) is 5.79 Å². The summed E-state index contributed by atoms with van der Waals surface area (Å²) in [6, 6.07) is 0. The number of carbonyl (C=O) groups is 1. The van der Waals surface area contributed by atoms with Gasteiger partial charge in [0.1, 0.15) is 0 Å². The minimum absolute atomic E-state index is 0.